The van der Waals surface area contributed by atoms with Gasteiger partial charge in [0.05, 0.1) is 6.61 Å². The number of fused-ring (bicyclic) bond motifs is 1. The number of aromatic nitrogens is 1. The standard InChI is InChI=1S/C22H17FN2O3/c1-2-27-18-10-5-14(6-11-18)21(26)24-17-9-12-20-19(13-17)25-22(28-20)15-3-7-16(23)8-4-15/h3-13H,2H2,1H3,(H,24,26). The molecule has 0 bridgehead atoms. The van der Waals surface area contributed by atoms with Crippen molar-refractivity contribution in [3.8, 4) is 17.2 Å². The van der Waals surface area contributed by atoms with Crippen molar-refractivity contribution in [3.05, 3.63) is 78.1 Å². The van der Waals surface area contributed by atoms with E-state index in [4.69, 9.17) is 9.15 Å². The SMILES string of the molecule is CCOc1ccc(C(=O)Nc2ccc3oc(-c4ccc(F)cc4)nc3c2)cc1. The molecule has 0 unspecified atom stereocenters. The highest BCUT2D eigenvalue weighted by atomic mass is 19.1. The lowest BCUT2D eigenvalue weighted by atomic mass is 10.2. The minimum atomic E-state index is -0.320. The maximum absolute atomic E-state index is 13.1. The van der Waals surface area contributed by atoms with Gasteiger partial charge in [-0.1, -0.05) is 0 Å². The second kappa shape index (κ2) is 7.52. The Hall–Kier alpha value is -3.67. The lowest BCUT2D eigenvalue weighted by Gasteiger charge is -2.06. The van der Waals surface area contributed by atoms with Crippen LogP contribution in [-0.4, -0.2) is 17.5 Å². The van der Waals surface area contributed by atoms with Crippen molar-refractivity contribution in [1.82, 2.24) is 4.98 Å². The van der Waals surface area contributed by atoms with Crippen LogP contribution in [0.4, 0.5) is 10.1 Å². The number of carbonyl (C=O) groups excluding carboxylic acids is 1. The van der Waals surface area contributed by atoms with E-state index in [1.54, 1.807) is 54.6 Å². The number of hydrogen-bond acceptors (Lipinski definition) is 4. The van der Waals surface area contributed by atoms with Crippen LogP contribution in [0.15, 0.2) is 71.1 Å². The molecule has 0 aliphatic rings. The lowest BCUT2D eigenvalue weighted by Crippen LogP contribution is -2.11. The summed E-state index contributed by atoms with van der Waals surface area (Å²) in [5.41, 5.74) is 2.99. The first-order valence-corrected chi connectivity index (χ1v) is 8.83. The predicted octanol–water partition coefficient (Wildman–Crippen LogP) is 5.28. The summed E-state index contributed by atoms with van der Waals surface area (Å²) in [6.07, 6.45) is 0. The molecular formula is C22H17FN2O3. The Morgan fingerprint density at radius 1 is 1.07 bits per heavy atom. The van der Waals surface area contributed by atoms with E-state index in [0.717, 1.165) is 5.75 Å². The monoisotopic (exact) mass is 376 g/mol. The third kappa shape index (κ3) is 3.71. The Kier molecular flexibility index (Phi) is 4.76. The number of anilines is 1. The number of halogens is 1. The summed E-state index contributed by atoms with van der Waals surface area (Å²) >= 11 is 0. The third-order valence-corrected chi connectivity index (χ3v) is 4.16. The molecule has 0 aliphatic heterocycles. The second-order valence-corrected chi connectivity index (χ2v) is 6.12. The number of ether oxygens (including phenoxy) is 1. The Balaban J connectivity index is 1.54. The number of nitrogens with zero attached hydrogens (tertiary/aromatic N) is 1. The Morgan fingerprint density at radius 2 is 1.82 bits per heavy atom. The summed E-state index contributed by atoms with van der Waals surface area (Å²) in [5, 5.41) is 2.85. The molecule has 140 valence electrons. The van der Waals surface area contributed by atoms with Gasteiger partial charge in [0.25, 0.3) is 5.91 Å². The van der Waals surface area contributed by atoms with E-state index in [1.807, 2.05) is 6.92 Å². The molecular weight excluding hydrogens is 359 g/mol. The van der Waals surface area contributed by atoms with Gasteiger partial charge < -0.3 is 14.5 Å². The van der Waals surface area contributed by atoms with E-state index in [0.29, 0.717) is 40.4 Å². The first kappa shape index (κ1) is 17.7. The Morgan fingerprint density at radius 3 is 2.54 bits per heavy atom. The van der Waals surface area contributed by atoms with Gasteiger partial charge in [0.2, 0.25) is 5.89 Å². The van der Waals surface area contributed by atoms with E-state index >= 15 is 0 Å². The molecule has 5 nitrogen and oxygen atoms in total. The molecule has 1 N–H and O–H groups in total. The smallest absolute Gasteiger partial charge is 0.255 e. The number of rotatable bonds is 5. The summed E-state index contributed by atoms with van der Waals surface area (Å²) in [5.74, 6) is 0.560. The number of oxazole rings is 1. The minimum absolute atomic E-state index is 0.232. The minimum Gasteiger partial charge on any atom is -0.494 e. The molecule has 0 fully saturated rings. The molecule has 1 heterocycles. The van der Waals surface area contributed by atoms with Crippen molar-refractivity contribution in [3.63, 3.8) is 0 Å². The molecule has 0 aliphatic carbocycles. The summed E-state index contributed by atoms with van der Waals surface area (Å²) < 4.78 is 24.2. The van der Waals surface area contributed by atoms with Gasteiger partial charge >= 0.3 is 0 Å². The molecule has 4 aromatic rings. The highest BCUT2D eigenvalue weighted by Crippen LogP contribution is 2.26. The fourth-order valence-corrected chi connectivity index (χ4v) is 2.79. The maximum atomic E-state index is 13.1. The molecule has 0 saturated heterocycles. The molecule has 0 spiro atoms. The van der Waals surface area contributed by atoms with Crippen molar-refractivity contribution >= 4 is 22.7 Å². The van der Waals surface area contributed by atoms with Crippen molar-refractivity contribution in [2.24, 2.45) is 0 Å². The first-order valence-electron chi connectivity index (χ1n) is 8.83. The van der Waals surface area contributed by atoms with E-state index < -0.39 is 0 Å². The highest BCUT2D eigenvalue weighted by molar-refractivity contribution is 6.05. The molecule has 6 heteroatoms. The third-order valence-electron chi connectivity index (χ3n) is 4.16. The van der Waals surface area contributed by atoms with Crippen molar-refractivity contribution in [2.75, 3.05) is 11.9 Å². The molecule has 0 radical (unpaired) electrons. The van der Waals surface area contributed by atoms with Crippen molar-refractivity contribution < 1.29 is 18.3 Å². The zero-order chi connectivity index (χ0) is 19.5. The summed E-state index contributed by atoms with van der Waals surface area (Å²) in [6, 6.07) is 18.1. The molecule has 4 rings (SSSR count). The van der Waals surface area contributed by atoms with Gasteiger partial charge in [0, 0.05) is 16.8 Å². The summed E-state index contributed by atoms with van der Waals surface area (Å²) in [6.45, 7) is 2.48. The van der Waals surface area contributed by atoms with Gasteiger partial charge in [-0.15, -0.1) is 0 Å². The quantitative estimate of drug-likeness (QED) is 0.514. The van der Waals surface area contributed by atoms with Gasteiger partial charge in [-0.2, -0.15) is 0 Å². The van der Waals surface area contributed by atoms with Crippen LogP contribution in [0.5, 0.6) is 5.75 Å². The van der Waals surface area contributed by atoms with Crippen LogP contribution >= 0.6 is 0 Å². The van der Waals surface area contributed by atoms with Crippen LogP contribution in [0.1, 0.15) is 17.3 Å². The molecule has 0 saturated carbocycles. The van der Waals surface area contributed by atoms with Crippen molar-refractivity contribution in [2.45, 2.75) is 6.92 Å². The topological polar surface area (TPSA) is 64.4 Å². The van der Waals surface area contributed by atoms with Crippen LogP contribution in [0, 0.1) is 5.82 Å². The maximum Gasteiger partial charge on any atom is 0.255 e. The highest BCUT2D eigenvalue weighted by Gasteiger charge is 2.11. The molecule has 3 aromatic carbocycles. The molecule has 0 atom stereocenters. The van der Waals surface area contributed by atoms with Gasteiger partial charge in [0.15, 0.2) is 5.58 Å². The van der Waals surface area contributed by atoms with E-state index in [1.165, 1.54) is 12.1 Å². The zero-order valence-corrected chi connectivity index (χ0v) is 15.1. The largest absolute Gasteiger partial charge is 0.494 e. The van der Waals surface area contributed by atoms with E-state index in [9.17, 15) is 9.18 Å². The fraction of sp³-hybridized carbons (Fsp3) is 0.0909. The predicted molar refractivity (Wildman–Crippen MR) is 105 cm³/mol. The van der Waals surface area contributed by atoms with Crippen LogP contribution in [0.25, 0.3) is 22.6 Å². The summed E-state index contributed by atoms with van der Waals surface area (Å²) in [4.78, 5) is 16.9. The number of benzene rings is 3. The van der Waals surface area contributed by atoms with E-state index in [-0.39, 0.29) is 11.7 Å². The number of nitrogens with one attached hydrogen (secondary N) is 1. The lowest BCUT2D eigenvalue weighted by molar-refractivity contribution is 0.102. The molecule has 28 heavy (non-hydrogen) atoms. The fourth-order valence-electron chi connectivity index (χ4n) is 2.79. The van der Waals surface area contributed by atoms with Gasteiger partial charge in [-0.05, 0) is 73.7 Å². The first-order chi connectivity index (χ1) is 13.6. The van der Waals surface area contributed by atoms with Crippen LogP contribution in [-0.2, 0) is 0 Å². The number of carbonyl (C=O) groups is 1. The number of amides is 1. The average Bonchev–Trinajstić information content (AvgIpc) is 3.12. The van der Waals surface area contributed by atoms with Crippen LogP contribution in [0.3, 0.4) is 0 Å². The Bertz CT molecular complexity index is 1120. The zero-order valence-electron chi connectivity index (χ0n) is 15.1. The normalized spacial score (nSPS) is 10.8. The van der Waals surface area contributed by atoms with E-state index in [2.05, 4.69) is 10.3 Å². The van der Waals surface area contributed by atoms with Crippen molar-refractivity contribution in [1.29, 1.82) is 0 Å². The average molecular weight is 376 g/mol. The van der Waals surface area contributed by atoms with Crippen LogP contribution < -0.4 is 10.1 Å². The number of hydrogen-bond donors (Lipinski definition) is 1. The van der Waals surface area contributed by atoms with Gasteiger partial charge in [-0.3, -0.25) is 4.79 Å². The Labute approximate surface area is 160 Å². The molecule has 1 aromatic heterocycles. The second-order valence-electron chi connectivity index (χ2n) is 6.12. The molecule has 1 amide bonds. The van der Waals surface area contributed by atoms with Gasteiger partial charge in [0.1, 0.15) is 17.1 Å². The van der Waals surface area contributed by atoms with Gasteiger partial charge in [-0.25, -0.2) is 9.37 Å². The summed E-state index contributed by atoms with van der Waals surface area (Å²) in [7, 11) is 0. The van der Waals surface area contributed by atoms with Crippen LogP contribution in [0.2, 0.25) is 0 Å².